The lowest BCUT2D eigenvalue weighted by atomic mass is 9.86. The minimum absolute atomic E-state index is 0.175. The lowest BCUT2D eigenvalue weighted by molar-refractivity contribution is -0.139. The minimum Gasteiger partial charge on any atom is -0.481 e. The van der Waals surface area contributed by atoms with E-state index in [9.17, 15) is 19.5 Å². The molecule has 1 aromatic carbocycles. The van der Waals surface area contributed by atoms with Gasteiger partial charge in [0.25, 0.3) is 11.8 Å². The number of aliphatic carboxylic acids is 1. The maximum Gasteiger partial charge on any atom is 0.305 e. The Balaban J connectivity index is 1.87. The lowest BCUT2D eigenvalue weighted by Crippen LogP contribution is -2.53. The van der Waals surface area contributed by atoms with E-state index in [4.69, 9.17) is 9.47 Å². The van der Waals surface area contributed by atoms with E-state index in [1.165, 1.54) is 0 Å². The molecule has 0 saturated carbocycles. The van der Waals surface area contributed by atoms with Crippen LogP contribution in [0.4, 0.5) is 5.69 Å². The Bertz CT molecular complexity index is 711. The molecule has 1 atom stereocenters. The third-order valence-corrected chi connectivity index (χ3v) is 4.50. The zero-order valence-electron chi connectivity index (χ0n) is 13.8. The molecule has 0 aliphatic carbocycles. The highest BCUT2D eigenvalue weighted by Crippen LogP contribution is 2.34. The Kier molecular flexibility index (Phi) is 4.63. The van der Waals surface area contributed by atoms with Crippen molar-refractivity contribution in [2.75, 3.05) is 18.5 Å². The number of hydrogen-bond donors (Lipinski definition) is 3. The van der Waals surface area contributed by atoms with Crippen molar-refractivity contribution in [2.24, 2.45) is 0 Å². The molecule has 0 spiro atoms. The predicted molar refractivity (Wildman–Crippen MR) is 87.7 cm³/mol. The van der Waals surface area contributed by atoms with Gasteiger partial charge in [0, 0.05) is 13.2 Å². The van der Waals surface area contributed by atoms with Crippen LogP contribution in [0.5, 0.6) is 5.75 Å². The predicted octanol–water partition coefficient (Wildman–Crippen LogP) is 1.16. The van der Waals surface area contributed by atoms with Gasteiger partial charge in [0.2, 0.25) is 0 Å². The van der Waals surface area contributed by atoms with E-state index >= 15 is 0 Å². The summed E-state index contributed by atoms with van der Waals surface area (Å²) in [6.45, 7) is 2.38. The molecule has 25 heavy (non-hydrogen) atoms. The molecule has 3 rings (SSSR count). The highest BCUT2D eigenvalue weighted by Gasteiger charge is 2.38. The standard InChI is InChI=1S/C17H20N2O6/c1-10-15(22)18-12-4-2-3-11(14(12)25-10)16(23)19-17(9-13(20)21)5-7-24-8-6-17/h2-4,10H,5-9H2,1H3,(H,18,22)(H,19,23)(H,20,21). The second-order valence-electron chi connectivity index (χ2n) is 6.35. The third-order valence-electron chi connectivity index (χ3n) is 4.50. The topological polar surface area (TPSA) is 114 Å². The number of carbonyl (C=O) groups excluding carboxylic acids is 2. The van der Waals surface area contributed by atoms with Crippen molar-refractivity contribution < 1.29 is 29.0 Å². The molecule has 2 aliphatic rings. The third kappa shape index (κ3) is 3.58. The summed E-state index contributed by atoms with van der Waals surface area (Å²) in [5, 5.41) is 14.8. The molecule has 0 bridgehead atoms. The second-order valence-corrected chi connectivity index (χ2v) is 6.35. The second kappa shape index (κ2) is 6.72. The van der Waals surface area contributed by atoms with E-state index < -0.39 is 23.5 Å². The van der Waals surface area contributed by atoms with Crippen LogP contribution in [0.2, 0.25) is 0 Å². The summed E-state index contributed by atoms with van der Waals surface area (Å²) in [5.74, 6) is -1.39. The number of benzene rings is 1. The van der Waals surface area contributed by atoms with E-state index in [0.717, 1.165) is 0 Å². The number of ether oxygens (including phenoxy) is 2. The fourth-order valence-corrected chi connectivity index (χ4v) is 3.11. The molecule has 0 radical (unpaired) electrons. The molecule has 2 aliphatic heterocycles. The Labute approximate surface area is 144 Å². The first-order valence-corrected chi connectivity index (χ1v) is 8.13. The number of rotatable bonds is 4. The molecule has 0 aromatic heterocycles. The van der Waals surface area contributed by atoms with Gasteiger partial charge in [0.15, 0.2) is 11.9 Å². The van der Waals surface area contributed by atoms with Crippen LogP contribution in [0, 0.1) is 0 Å². The molecule has 8 nitrogen and oxygen atoms in total. The molecule has 2 heterocycles. The Morgan fingerprint density at radius 1 is 1.36 bits per heavy atom. The number of nitrogens with one attached hydrogen (secondary N) is 2. The summed E-state index contributed by atoms with van der Waals surface area (Å²) < 4.78 is 10.9. The van der Waals surface area contributed by atoms with E-state index in [-0.39, 0.29) is 17.9 Å². The number of hydrogen-bond acceptors (Lipinski definition) is 5. The molecule has 3 N–H and O–H groups in total. The van der Waals surface area contributed by atoms with Gasteiger partial charge < -0.3 is 25.2 Å². The van der Waals surface area contributed by atoms with Crippen molar-refractivity contribution in [3.63, 3.8) is 0 Å². The van der Waals surface area contributed by atoms with Crippen molar-refractivity contribution >= 4 is 23.5 Å². The average molecular weight is 348 g/mol. The molecule has 2 amide bonds. The number of carboxylic acid groups (broad SMARTS) is 1. The first kappa shape index (κ1) is 17.2. The van der Waals surface area contributed by atoms with E-state index in [0.29, 0.717) is 37.5 Å². The van der Waals surface area contributed by atoms with Crippen molar-refractivity contribution in [1.82, 2.24) is 5.32 Å². The summed E-state index contributed by atoms with van der Waals surface area (Å²) in [4.78, 5) is 35.8. The largest absolute Gasteiger partial charge is 0.481 e. The van der Waals surface area contributed by atoms with Crippen molar-refractivity contribution in [1.29, 1.82) is 0 Å². The lowest BCUT2D eigenvalue weighted by Gasteiger charge is -2.37. The molecule has 1 saturated heterocycles. The van der Waals surface area contributed by atoms with Gasteiger partial charge in [-0.2, -0.15) is 0 Å². The van der Waals surface area contributed by atoms with E-state index in [1.807, 2.05) is 0 Å². The fourth-order valence-electron chi connectivity index (χ4n) is 3.11. The maximum absolute atomic E-state index is 12.8. The van der Waals surface area contributed by atoms with Crippen molar-refractivity contribution in [2.45, 2.75) is 37.8 Å². The highest BCUT2D eigenvalue weighted by atomic mass is 16.5. The van der Waals surface area contributed by atoms with Crippen LogP contribution in [0.25, 0.3) is 0 Å². The zero-order valence-corrected chi connectivity index (χ0v) is 13.8. The molecule has 134 valence electrons. The monoisotopic (exact) mass is 348 g/mol. The fraction of sp³-hybridized carbons (Fsp3) is 0.471. The van der Waals surface area contributed by atoms with Gasteiger partial charge in [-0.05, 0) is 31.9 Å². The van der Waals surface area contributed by atoms with Crippen molar-refractivity contribution in [3.05, 3.63) is 23.8 Å². The number of carboxylic acids is 1. The quantitative estimate of drug-likeness (QED) is 0.752. The van der Waals surface area contributed by atoms with Gasteiger partial charge in [0.1, 0.15) is 0 Å². The first-order chi connectivity index (χ1) is 11.9. The van der Waals surface area contributed by atoms with Gasteiger partial charge in [-0.3, -0.25) is 14.4 Å². The maximum atomic E-state index is 12.8. The molecule has 1 aromatic rings. The highest BCUT2D eigenvalue weighted by molar-refractivity contribution is 6.04. The van der Waals surface area contributed by atoms with Crippen LogP contribution in [-0.4, -0.2) is 47.7 Å². The van der Waals surface area contributed by atoms with Gasteiger partial charge in [-0.1, -0.05) is 6.07 Å². The van der Waals surface area contributed by atoms with Crippen LogP contribution < -0.4 is 15.4 Å². The minimum atomic E-state index is -0.977. The molecule has 8 heteroatoms. The summed E-state index contributed by atoms with van der Waals surface area (Å²) in [6.07, 6.45) is -0.0368. The molecular formula is C17H20N2O6. The van der Waals surface area contributed by atoms with Crippen LogP contribution in [0.3, 0.4) is 0 Å². The van der Waals surface area contributed by atoms with Crippen LogP contribution in [0.15, 0.2) is 18.2 Å². The molecular weight excluding hydrogens is 328 g/mol. The Morgan fingerprint density at radius 3 is 2.76 bits per heavy atom. The van der Waals surface area contributed by atoms with Crippen LogP contribution in [0.1, 0.15) is 36.5 Å². The normalized spacial score (nSPS) is 21.5. The van der Waals surface area contributed by atoms with Crippen LogP contribution >= 0.6 is 0 Å². The van der Waals surface area contributed by atoms with Crippen molar-refractivity contribution in [3.8, 4) is 5.75 Å². The SMILES string of the molecule is CC1Oc2c(cccc2C(=O)NC2(CC(=O)O)CCOCC2)NC1=O. The summed E-state index contributed by atoms with van der Waals surface area (Å²) in [5.41, 5.74) is -0.163. The van der Waals surface area contributed by atoms with Gasteiger partial charge >= 0.3 is 5.97 Å². The number of fused-ring (bicyclic) bond motifs is 1. The van der Waals surface area contributed by atoms with Crippen LogP contribution in [-0.2, 0) is 14.3 Å². The number of amides is 2. The van der Waals surface area contributed by atoms with Gasteiger partial charge in [-0.15, -0.1) is 0 Å². The Hall–Kier alpha value is -2.61. The van der Waals surface area contributed by atoms with E-state index in [1.54, 1.807) is 25.1 Å². The molecule has 1 unspecified atom stereocenters. The number of carbonyl (C=O) groups is 3. The zero-order chi connectivity index (χ0) is 18.0. The summed E-state index contributed by atoms with van der Waals surface area (Å²) in [6, 6.07) is 4.88. The van der Waals surface area contributed by atoms with E-state index in [2.05, 4.69) is 10.6 Å². The van der Waals surface area contributed by atoms with Gasteiger partial charge in [0.05, 0.1) is 23.2 Å². The number of para-hydroxylation sites is 1. The summed E-state index contributed by atoms with van der Waals surface area (Å²) >= 11 is 0. The molecule has 1 fully saturated rings. The Morgan fingerprint density at radius 2 is 2.08 bits per heavy atom. The summed E-state index contributed by atoms with van der Waals surface area (Å²) in [7, 11) is 0. The number of anilines is 1. The first-order valence-electron chi connectivity index (χ1n) is 8.13. The smallest absolute Gasteiger partial charge is 0.305 e. The van der Waals surface area contributed by atoms with Gasteiger partial charge in [-0.25, -0.2) is 0 Å². The average Bonchev–Trinajstić information content (AvgIpc) is 2.55.